The van der Waals surface area contributed by atoms with Gasteiger partial charge in [-0.3, -0.25) is 19.5 Å². The van der Waals surface area contributed by atoms with Crippen LogP contribution in [0.1, 0.15) is 47.0 Å². The average molecular weight is 322 g/mol. The van der Waals surface area contributed by atoms with E-state index in [9.17, 15) is 9.59 Å². The molecule has 0 aromatic carbocycles. The van der Waals surface area contributed by atoms with Gasteiger partial charge in [-0.15, -0.1) is 0 Å². The first-order chi connectivity index (χ1) is 10.2. The third-order valence-electron chi connectivity index (χ3n) is 4.96. The van der Waals surface area contributed by atoms with E-state index in [4.69, 9.17) is 0 Å². The zero-order valence-electron chi connectivity index (χ0n) is 14.2. The SMILES string of the molecule is C=C1CC(SC)C(=O)N1C1(C(=O)C(C)(C)CC)C=NC(C)C1. The summed E-state index contributed by atoms with van der Waals surface area (Å²) in [6.45, 7) is 12.0. The number of carbonyl (C=O) groups excluding carboxylic acids is 2. The molecule has 3 atom stereocenters. The lowest BCUT2D eigenvalue weighted by Crippen LogP contribution is -2.59. The predicted molar refractivity (Wildman–Crippen MR) is 92.3 cm³/mol. The van der Waals surface area contributed by atoms with Crippen LogP contribution in [-0.4, -0.2) is 45.9 Å². The maximum Gasteiger partial charge on any atom is 0.241 e. The van der Waals surface area contributed by atoms with Crippen LogP contribution < -0.4 is 0 Å². The van der Waals surface area contributed by atoms with E-state index < -0.39 is 11.0 Å². The van der Waals surface area contributed by atoms with E-state index in [0.717, 1.165) is 12.1 Å². The summed E-state index contributed by atoms with van der Waals surface area (Å²) in [5.74, 6) is 0.0742. The molecule has 2 aliphatic heterocycles. The summed E-state index contributed by atoms with van der Waals surface area (Å²) in [7, 11) is 0. The number of likely N-dealkylation sites (tertiary alicyclic amines) is 1. The minimum Gasteiger partial charge on any atom is -0.297 e. The van der Waals surface area contributed by atoms with Crippen LogP contribution in [0.2, 0.25) is 0 Å². The fourth-order valence-corrected chi connectivity index (χ4v) is 3.98. The van der Waals surface area contributed by atoms with E-state index >= 15 is 0 Å². The van der Waals surface area contributed by atoms with Crippen LogP contribution in [-0.2, 0) is 9.59 Å². The van der Waals surface area contributed by atoms with Gasteiger partial charge in [0.15, 0.2) is 5.78 Å². The second kappa shape index (κ2) is 5.84. The molecule has 2 rings (SSSR count). The molecule has 3 unspecified atom stereocenters. The van der Waals surface area contributed by atoms with Gasteiger partial charge in [-0.05, 0) is 19.6 Å². The summed E-state index contributed by atoms with van der Waals surface area (Å²) in [4.78, 5) is 32.2. The predicted octanol–water partition coefficient (Wildman–Crippen LogP) is 3.07. The number of hydrogen-bond donors (Lipinski definition) is 0. The molecule has 0 radical (unpaired) electrons. The van der Waals surface area contributed by atoms with E-state index in [-0.39, 0.29) is 23.0 Å². The topological polar surface area (TPSA) is 49.7 Å². The van der Waals surface area contributed by atoms with Crippen molar-refractivity contribution in [3.63, 3.8) is 0 Å². The van der Waals surface area contributed by atoms with Crippen LogP contribution >= 0.6 is 11.8 Å². The van der Waals surface area contributed by atoms with Crippen LogP contribution in [0.25, 0.3) is 0 Å². The van der Waals surface area contributed by atoms with Crippen LogP contribution in [0.15, 0.2) is 17.3 Å². The molecule has 122 valence electrons. The van der Waals surface area contributed by atoms with Gasteiger partial charge >= 0.3 is 0 Å². The van der Waals surface area contributed by atoms with Crippen molar-refractivity contribution in [2.24, 2.45) is 10.4 Å². The third-order valence-corrected chi connectivity index (χ3v) is 5.89. The van der Waals surface area contributed by atoms with Gasteiger partial charge in [0.05, 0.1) is 5.25 Å². The first-order valence-corrected chi connectivity index (χ1v) is 9.12. The van der Waals surface area contributed by atoms with E-state index in [1.54, 1.807) is 11.1 Å². The third kappa shape index (κ3) is 2.53. The summed E-state index contributed by atoms with van der Waals surface area (Å²) in [6, 6.07) is 0.0468. The van der Waals surface area contributed by atoms with Gasteiger partial charge in [0.2, 0.25) is 5.91 Å². The number of Topliss-reactive ketones (excluding diaryl/α,β-unsaturated/α-hetero) is 1. The molecule has 1 saturated heterocycles. The van der Waals surface area contributed by atoms with Gasteiger partial charge in [-0.2, -0.15) is 11.8 Å². The van der Waals surface area contributed by atoms with Crippen molar-refractivity contribution in [3.8, 4) is 0 Å². The van der Waals surface area contributed by atoms with Gasteiger partial charge < -0.3 is 0 Å². The highest BCUT2D eigenvalue weighted by Crippen LogP contribution is 2.42. The molecule has 2 aliphatic rings. The molecule has 0 bridgehead atoms. The Kier molecular flexibility index (Phi) is 4.58. The standard InChI is InChI=1S/C17H26N2O2S/c1-7-16(4,5)15(21)17(9-11(2)18-10-17)19-12(3)8-13(22-6)14(19)20/h10-11,13H,3,7-9H2,1-2,4-6H3. The number of thioether (sulfide) groups is 1. The molecule has 22 heavy (non-hydrogen) atoms. The number of allylic oxidation sites excluding steroid dienone is 1. The fourth-order valence-electron chi connectivity index (χ4n) is 3.31. The Bertz CT molecular complexity index is 541. The van der Waals surface area contributed by atoms with Gasteiger partial charge in [0, 0.05) is 36.2 Å². The van der Waals surface area contributed by atoms with Crippen molar-refractivity contribution < 1.29 is 9.59 Å². The first kappa shape index (κ1) is 17.3. The number of ketones is 1. The highest BCUT2D eigenvalue weighted by Gasteiger charge is 2.56. The molecule has 4 nitrogen and oxygen atoms in total. The number of nitrogens with zero attached hydrogens (tertiary/aromatic N) is 2. The largest absolute Gasteiger partial charge is 0.297 e. The summed E-state index contributed by atoms with van der Waals surface area (Å²) >= 11 is 1.52. The van der Waals surface area contributed by atoms with E-state index in [0.29, 0.717) is 12.8 Å². The van der Waals surface area contributed by atoms with Crippen molar-refractivity contribution >= 4 is 29.7 Å². The molecule has 1 amide bonds. The van der Waals surface area contributed by atoms with E-state index in [1.165, 1.54) is 11.8 Å². The monoisotopic (exact) mass is 322 g/mol. The molecule has 0 N–H and O–H groups in total. The Morgan fingerprint density at radius 3 is 2.64 bits per heavy atom. The summed E-state index contributed by atoms with van der Waals surface area (Å²) in [6.07, 6.45) is 5.54. The van der Waals surface area contributed by atoms with E-state index in [1.807, 2.05) is 34.0 Å². The summed E-state index contributed by atoms with van der Waals surface area (Å²) in [5, 5.41) is -0.133. The number of amides is 1. The van der Waals surface area contributed by atoms with E-state index in [2.05, 4.69) is 11.6 Å². The Balaban J connectivity index is 2.49. The lowest BCUT2D eigenvalue weighted by molar-refractivity contribution is -0.142. The first-order valence-electron chi connectivity index (χ1n) is 7.83. The Labute approximate surface area is 137 Å². The van der Waals surface area contributed by atoms with Crippen molar-refractivity contribution in [1.29, 1.82) is 0 Å². The maximum atomic E-state index is 13.3. The quantitative estimate of drug-likeness (QED) is 0.781. The van der Waals surface area contributed by atoms with Crippen LogP contribution in [0.4, 0.5) is 0 Å². The second-order valence-electron chi connectivity index (χ2n) is 6.99. The molecule has 0 aliphatic carbocycles. The Morgan fingerprint density at radius 1 is 1.59 bits per heavy atom. The molecular weight excluding hydrogens is 296 g/mol. The Morgan fingerprint density at radius 2 is 2.23 bits per heavy atom. The number of hydrogen-bond acceptors (Lipinski definition) is 4. The lowest BCUT2D eigenvalue weighted by Gasteiger charge is -2.41. The highest BCUT2D eigenvalue weighted by molar-refractivity contribution is 7.99. The molecular formula is C17H26N2O2S. The number of aliphatic imine (C=N–C) groups is 1. The smallest absolute Gasteiger partial charge is 0.241 e. The maximum absolute atomic E-state index is 13.3. The van der Waals surface area contributed by atoms with Crippen LogP contribution in [0, 0.1) is 5.41 Å². The average Bonchev–Trinajstić information content (AvgIpc) is 2.99. The molecule has 0 aromatic rings. The zero-order valence-corrected chi connectivity index (χ0v) is 15.0. The lowest BCUT2D eigenvalue weighted by atomic mass is 9.73. The minimum absolute atomic E-state index is 0.00157. The van der Waals surface area contributed by atoms with Crippen molar-refractivity contribution in [2.45, 2.75) is 63.8 Å². The van der Waals surface area contributed by atoms with Crippen molar-refractivity contribution in [3.05, 3.63) is 12.3 Å². The minimum atomic E-state index is -0.947. The molecule has 0 saturated carbocycles. The normalized spacial score (nSPS) is 32.1. The fraction of sp³-hybridized carbons (Fsp3) is 0.706. The van der Waals surface area contributed by atoms with Crippen molar-refractivity contribution in [2.75, 3.05) is 6.26 Å². The molecule has 5 heteroatoms. The molecule has 0 aromatic heterocycles. The second-order valence-corrected chi connectivity index (χ2v) is 8.03. The van der Waals surface area contributed by atoms with Crippen LogP contribution in [0.5, 0.6) is 0 Å². The molecule has 2 heterocycles. The van der Waals surface area contributed by atoms with Gasteiger partial charge in [-0.1, -0.05) is 27.4 Å². The number of carbonyl (C=O) groups is 2. The zero-order chi connectivity index (χ0) is 16.7. The molecule has 0 spiro atoms. The highest BCUT2D eigenvalue weighted by atomic mass is 32.2. The van der Waals surface area contributed by atoms with Gasteiger partial charge in [0.25, 0.3) is 0 Å². The molecule has 1 fully saturated rings. The number of rotatable bonds is 5. The van der Waals surface area contributed by atoms with Crippen LogP contribution in [0.3, 0.4) is 0 Å². The van der Waals surface area contributed by atoms with Crippen molar-refractivity contribution in [1.82, 2.24) is 4.90 Å². The Hall–Kier alpha value is -1.10. The summed E-state index contributed by atoms with van der Waals surface area (Å²) in [5.41, 5.74) is -0.698. The van der Waals surface area contributed by atoms with Gasteiger partial charge in [0.1, 0.15) is 5.54 Å². The van der Waals surface area contributed by atoms with Gasteiger partial charge in [-0.25, -0.2) is 0 Å². The summed E-state index contributed by atoms with van der Waals surface area (Å²) < 4.78 is 0.